The van der Waals surface area contributed by atoms with E-state index in [4.69, 9.17) is 0 Å². The highest BCUT2D eigenvalue weighted by atomic mass is 79.9. The summed E-state index contributed by atoms with van der Waals surface area (Å²) < 4.78 is 1.19. The van der Waals surface area contributed by atoms with Gasteiger partial charge in [-0.2, -0.15) is 0 Å². The summed E-state index contributed by atoms with van der Waals surface area (Å²) in [5.41, 5.74) is 0. The Morgan fingerprint density at radius 2 is 2.36 bits per heavy atom. The van der Waals surface area contributed by atoms with Gasteiger partial charge in [-0.15, -0.1) is 11.3 Å². The molecule has 0 aliphatic rings. The smallest absolute Gasteiger partial charge is 0.0409 e. The largest absolute Gasteiger partial charge is 0.143 e. The van der Waals surface area contributed by atoms with Gasteiger partial charge < -0.3 is 0 Å². The van der Waals surface area contributed by atoms with Gasteiger partial charge in [0.2, 0.25) is 0 Å². The van der Waals surface area contributed by atoms with E-state index in [0.29, 0.717) is 0 Å². The van der Waals surface area contributed by atoms with E-state index in [-0.39, 0.29) is 0 Å². The maximum atomic E-state index is 3.47. The molecule has 0 atom stereocenters. The van der Waals surface area contributed by atoms with Crippen molar-refractivity contribution in [2.45, 2.75) is 6.42 Å². The second-order valence-corrected chi connectivity index (χ2v) is 4.61. The first-order valence-electron chi connectivity index (χ1n) is 3.30. The zero-order chi connectivity index (χ0) is 8.10. The van der Waals surface area contributed by atoms with E-state index in [2.05, 4.69) is 55.5 Å². The quantitative estimate of drug-likeness (QED) is 0.729. The van der Waals surface area contributed by atoms with Crippen LogP contribution < -0.4 is 0 Å². The molecule has 0 N–H and O–H groups in total. The molecule has 0 radical (unpaired) electrons. The van der Waals surface area contributed by atoms with E-state index in [1.54, 1.807) is 11.3 Å². The number of rotatable bonds is 3. The highest BCUT2D eigenvalue weighted by molar-refractivity contribution is 9.10. The predicted molar refractivity (Wildman–Crippen MR) is 59.5 cm³/mol. The van der Waals surface area contributed by atoms with Crippen molar-refractivity contribution < 1.29 is 0 Å². The van der Waals surface area contributed by atoms with Crippen molar-refractivity contribution in [1.29, 1.82) is 0 Å². The first kappa shape index (κ1) is 9.49. The number of halogens is 2. The minimum Gasteiger partial charge on any atom is -0.143 e. The van der Waals surface area contributed by atoms with E-state index >= 15 is 0 Å². The van der Waals surface area contributed by atoms with Gasteiger partial charge in [0, 0.05) is 14.7 Å². The summed E-state index contributed by atoms with van der Waals surface area (Å²) in [6.45, 7) is 0. The van der Waals surface area contributed by atoms with E-state index < -0.39 is 0 Å². The fourth-order valence-electron chi connectivity index (χ4n) is 0.678. The van der Waals surface area contributed by atoms with Gasteiger partial charge in [0.1, 0.15) is 0 Å². The molecule has 1 aromatic rings. The Morgan fingerprint density at radius 3 is 2.91 bits per heavy atom. The molecule has 11 heavy (non-hydrogen) atoms. The Bertz CT molecular complexity index is 240. The minimum atomic E-state index is 1.03. The fourth-order valence-corrected chi connectivity index (χ4v) is 2.37. The normalized spacial score (nSPS) is 11.1. The van der Waals surface area contributed by atoms with Gasteiger partial charge in [-0.25, -0.2) is 0 Å². The van der Waals surface area contributed by atoms with Gasteiger partial charge in [-0.1, -0.05) is 22.0 Å². The van der Waals surface area contributed by atoms with Crippen LogP contribution in [0.4, 0.5) is 0 Å². The molecule has 0 spiro atoms. The van der Waals surface area contributed by atoms with Crippen molar-refractivity contribution in [3.63, 3.8) is 0 Å². The predicted octanol–water partition coefficient (Wildman–Crippen LogP) is 4.31. The van der Waals surface area contributed by atoms with Crippen LogP contribution in [-0.4, -0.2) is 5.33 Å². The van der Waals surface area contributed by atoms with Crippen molar-refractivity contribution in [2.24, 2.45) is 0 Å². The molecule has 0 unspecified atom stereocenters. The Morgan fingerprint density at radius 1 is 1.55 bits per heavy atom. The lowest BCUT2D eigenvalue weighted by Gasteiger charge is -1.86. The molecule has 1 aromatic heterocycles. The third-order valence-electron chi connectivity index (χ3n) is 1.19. The van der Waals surface area contributed by atoms with Crippen molar-refractivity contribution in [3.8, 4) is 0 Å². The topological polar surface area (TPSA) is 0 Å². The van der Waals surface area contributed by atoms with E-state index in [9.17, 15) is 0 Å². The highest BCUT2D eigenvalue weighted by Gasteiger charge is 1.94. The minimum absolute atomic E-state index is 1.03. The molecule has 0 fully saturated rings. The Labute approximate surface area is 87.6 Å². The fraction of sp³-hybridized carbons (Fsp3) is 0.250. The van der Waals surface area contributed by atoms with Gasteiger partial charge in [0.25, 0.3) is 0 Å². The molecule has 0 aliphatic carbocycles. The van der Waals surface area contributed by atoms with E-state index in [1.807, 2.05) is 0 Å². The van der Waals surface area contributed by atoms with Crippen molar-refractivity contribution in [3.05, 3.63) is 26.9 Å². The first-order valence-corrected chi connectivity index (χ1v) is 6.09. The molecule has 1 heterocycles. The van der Waals surface area contributed by atoms with Crippen LogP contribution in [-0.2, 0) is 0 Å². The van der Waals surface area contributed by atoms with Crippen LogP contribution in [0, 0.1) is 0 Å². The van der Waals surface area contributed by atoms with Crippen LogP contribution >= 0.6 is 43.2 Å². The summed E-state index contributed by atoms with van der Waals surface area (Å²) in [4.78, 5) is 1.30. The van der Waals surface area contributed by atoms with Gasteiger partial charge in [0.15, 0.2) is 0 Å². The number of allylic oxidation sites excluding steroid dienone is 1. The third-order valence-corrected chi connectivity index (χ3v) is 3.48. The van der Waals surface area contributed by atoms with Crippen molar-refractivity contribution in [2.75, 3.05) is 5.33 Å². The molecule has 0 saturated carbocycles. The van der Waals surface area contributed by atoms with Crippen molar-refractivity contribution in [1.82, 2.24) is 0 Å². The molecule has 3 heteroatoms. The highest BCUT2D eigenvalue weighted by Crippen LogP contribution is 2.23. The lowest BCUT2D eigenvalue weighted by atomic mass is 10.4. The van der Waals surface area contributed by atoms with Crippen LogP contribution in [0.3, 0.4) is 0 Å². The van der Waals surface area contributed by atoms with Crippen molar-refractivity contribution >= 4 is 49.3 Å². The number of alkyl halides is 1. The second kappa shape index (κ2) is 5.12. The Kier molecular flexibility index (Phi) is 4.41. The molecular formula is C8H8Br2S. The van der Waals surface area contributed by atoms with E-state index in [1.165, 1.54) is 9.35 Å². The summed E-state index contributed by atoms with van der Waals surface area (Å²) in [6, 6.07) is 2.07. The molecule has 0 aromatic carbocycles. The van der Waals surface area contributed by atoms with Crippen LogP contribution in [0.1, 0.15) is 11.3 Å². The molecule has 60 valence electrons. The molecule has 0 saturated heterocycles. The molecule has 0 amide bonds. The van der Waals surface area contributed by atoms with Crippen LogP contribution in [0.15, 0.2) is 22.0 Å². The second-order valence-electron chi connectivity index (χ2n) is 2.01. The average Bonchev–Trinajstić information content (AvgIpc) is 2.37. The zero-order valence-corrected chi connectivity index (χ0v) is 9.88. The third kappa shape index (κ3) is 3.09. The van der Waals surface area contributed by atoms with Gasteiger partial charge in [-0.3, -0.25) is 0 Å². The summed E-state index contributed by atoms with van der Waals surface area (Å²) in [6.07, 6.45) is 5.41. The van der Waals surface area contributed by atoms with Gasteiger partial charge >= 0.3 is 0 Å². The summed E-state index contributed by atoms with van der Waals surface area (Å²) >= 11 is 8.59. The standard InChI is InChI=1S/C8H8Br2S/c9-5-2-1-3-8-7(10)4-6-11-8/h1,3-4,6H,2,5H2. The molecular weight excluding hydrogens is 288 g/mol. The average molecular weight is 296 g/mol. The SMILES string of the molecule is BrCCC=Cc1sccc1Br. The summed E-state index contributed by atoms with van der Waals surface area (Å²) in [7, 11) is 0. The summed E-state index contributed by atoms with van der Waals surface area (Å²) in [5.74, 6) is 0. The maximum absolute atomic E-state index is 3.47. The van der Waals surface area contributed by atoms with Crippen LogP contribution in [0.25, 0.3) is 6.08 Å². The first-order chi connectivity index (χ1) is 5.34. The lowest BCUT2D eigenvalue weighted by molar-refractivity contribution is 1.27. The monoisotopic (exact) mass is 294 g/mol. The summed E-state index contributed by atoms with van der Waals surface area (Å²) in [5, 5.41) is 3.12. The Balaban J connectivity index is 2.56. The van der Waals surface area contributed by atoms with Gasteiger partial charge in [0.05, 0.1) is 0 Å². The molecule has 0 bridgehead atoms. The maximum Gasteiger partial charge on any atom is 0.0409 e. The number of thiophene rings is 1. The van der Waals surface area contributed by atoms with Gasteiger partial charge in [-0.05, 0) is 39.9 Å². The number of hydrogen-bond acceptors (Lipinski definition) is 1. The number of hydrogen-bond donors (Lipinski definition) is 0. The van der Waals surface area contributed by atoms with Crippen LogP contribution in [0.5, 0.6) is 0 Å². The lowest BCUT2D eigenvalue weighted by Crippen LogP contribution is -1.65. The molecule has 0 aliphatic heterocycles. The zero-order valence-electron chi connectivity index (χ0n) is 5.89. The molecule has 1 rings (SSSR count). The van der Waals surface area contributed by atoms with E-state index in [0.717, 1.165) is 11.8 Å². The van der Waals surface area contributed by atoms with Crippen LogP contribution in [0.2, 0.25) is 0 Å². The Hall–Kier alpha value is 0.400. The molecule has 0 nitrogen and oxygen atoms in total.